The number of hydrogen-bond acceptors (Lipinski definition) is 7. The van der Waals surface area contributed by atoms with Crippen LogP contribution in [0.2, 0.25) is 0 Å². The summed E-state index contributed by atoms with van der Waals surface area (Å²) in [6, 6.07) is 3.70. The van der Waals surface area contributed by atoms with Crippen molar-refractivity contribution in [1.29, 1.82) is 0 Å². The van der Waals surface area contributed by atoms with Crippen LogP contribution in [0.3, 0.4) is 0 Å². The van der Waals surface area contributed by atoms with Crippen LogP contribution in [0.25, 0.3) is 0 Å². The first-order chi connectivity index (χ1) is 14.3. The Morgan fingerprint density at radius 1 is 1.00 bits per heavy atom. The number of phenols is 1. The lowest BCUT2D eigenvalue weighted by Crippen LogP contribution is -2.57. The highest BCUT2D eigenvalue weighted by molar-refractivity contribution is 6.17. The molecule has 1 aromatic rings. The van der Waals surface area contributed by atoms with Crippen molar-refractivity contribution in [3.8, 4) is 5.75 Å². The topological polar surface area (TPSA) is 124 Å². The van der Waals surface area contributed by atoms with Gasteiger partial charge in [-0.2, -0.15) is 0 Å². The molecule has 31 heavy (non-hydrogen) atoms. The lowest BCUT2D eigenvalue weighted by atomic mass is 9.61. The Morgan fingerprint density at radius 3 is 2.16 bits per heavy atom. The van der Waals surface area contributed by atoms with Gasteiger partial charge in [0.05, 0.1) is 10.8 Å². The first-order valence-electron chi connectivity index (χ1n) is 10.3. The van der Waals surface area contributed by atoms with Crippen LogP contribution in [-0.2, 0) is 19.1 Å². The first-order valence-corrected chi connectivity index (χ1v) is 10.3. The van der Waals surface area contributed by atoms with Crippen LogP contribution in [0.1, 0.15) is 64.9 Å². The van der Waals surface area contributed by atoms with Crippen LogP contribution < -0.4 is 0 Å². The third-order valence-corrected chi connectivity index (χ3v) is 6.49. The summed E-state index contributed by atoms with van der Waals surface area (Å²) in [6.45, 7) is 7.48. The summed E-state index contributed by atoms with van der Waals surface area (Å²) >= 11 is 0. The number of nitro benzene ring substituents is 1. The molecule has 0 radical (unpaired) electrons. The minimum absolute atomic E-state index is 0.0908. The summed E-state index contributed by atoms with van der Waals surface area (Å²) in [5.41, 5.74) is -2.90. The molecule has 3 aliphatic rings. The molecule has 0 amide bonds. The number of rotatable bonds is 2. The van der Waals surface area contributed by atoms with Gasteiger partial charge in [-0.25, -0.2) is 0 Å². The molecule has 1 spiro atoms. The molecule has 1 aliphatic heterocycles. The van der Waals surface area contributed by atoms with E-state index in [1.54, 1.807) is 0 Å². The number of aromatic hydroxyl groups is 1. The summed E-state index contributed by atoms with van der Waals surface area (Å²) in [5, 5.41) is 21.3. The van der Waals surface area contributed by atoms with Crippen LogP contribution in [-0.4, -0.2) is 33.0 Å². The van der Waals surface area contributed by atoms with Crippen molar-refractivity contribution >= 4 is 23.0 Å². The zero-order valence-corrected chi connectivity index (χ0v) is 18.0. The average molecular weight is 427 g/mol. The molecule has 164 valence electrons. The minimum Gasteiger partial charge on any atom is -0.502 e. The maximum absolute atomic E-state index is 13.5. The standard InChI is InChI=1S/C23H25NO7/c1-21(2)8-15(26)19-16(9-21)31-23(17(27)10-22(3,4)11-18(23)28)20(19)12-5-6-14(25)13(7-12)24(29)30/h5-7,20,25H,8-11H2,1-4H3. The predicted molar refractivity (Wildman–Crippen MR) is 109 cm³/mol. The van der Waals surface area contributed by atoms with Crippen molar-refractivity contribution in [2.24, 2.45) is 10.8 Å². The highest BCUT2D eigenvalue weighted by Gasteiger charge is 2.65. The minimum atomic E-state index is -1.90. The Kier molecular flexibility index (Phi) is 4.44. The van der Waals surface area contributed by atoms with Gasteiger partial charge in [0, 0.05) is 37.3 Å². The number of nitro groups is 1. The summed E-state index contributed by atoms with van der Waals surface area (Å²) in [6.07, 6.45) is 0.785. The monoisotopic (exact) mass is 427 g/mol. The third kappa shape index (κ3) is 3.16. The number of phenolic OH excluding ortho intramolecular Hbond substituents is 1. The number of carbonyl (C=O) groups is 3. The number of hydrogen-bond donors (Lipinski definition) is 1. The molecule has 1 heterocycles. The van der Waals surface area contributed by atoms with Crippen LogP contribution in [0.15, 0.2) is 29.5 Å². The maximum atomic E-state index is 13.5. The zero-order valence-electron chi connectivity index (χ0n) is 18.0. The lowest BCUT2D eigenvalue weighted by Gasteiger charge is -2.41. The predicted octanol–water partition coefficient (Wildman–Crippen LogP) is 3.75. The first kappa shape index (κ1) is 21.2. The molecule has 8 nitrogen and oxygen atoms in total. The smallest absolute Gasteiger partial charge is 0.310 e. The Balaban J connectivity index is 1.95. The van der Waals surface area contributed by atoms with E-state index in [4.69, 9.17) is 4.74 Å². The number of ether oxygens (including phenoxy) is 1. The van der Waals surface area contributed by atoms with Gasteiger partial charge in [-0.05, 0) is 22.5 Å². The van der Waals surface area contributed by atoms with E-state index < -0.39 is 50.3 Å². The number of benzene rings is 1. The molecule has 1 atom stereocenters. The van der Waals surface area contributed by atoms with Gasteiger partial charge in [-0.15, -0.1) is 0 Å². The molecule has 8 heteroatoms. The van der Waals surface area contributed by atoms with Gasteiger partial charge in [0.15, 0.2) is 23.1 Å². The Hall–Kier alpha value is -3.03. The second-order valence-electron chi connectivity index (χ2n) is 10.4. The Morgan fingerprint density at radius 2 is 1.58 bits per heavy atom. The van der Waals surface area contributed by atoms with E-state index in [1.807, 2.05) is 27.7 Å². The number of nitrogens with zero attached hydrogens (tertiary/aromatic N) is 1. The van der Waals surface area contributed by atoms with Gasteiger partial charge in [0.1, 0.15) is 5.76 Å². The van der Waals surface area contributed by atoms with Crippen LogP contribution in [0.4, 0.5) is 5.69 Å². The molecule has 1 unspecified atom stereocenters. The van der Waals surface area contributed by atoms with Crippen LogP contribution in [0, 0.1) is 20.9 Å². The van der Waals surface area contributed by atoms with Gasteiger partial charge >= 0.3 is 5.69 Å². The number of Topliss-reactive ketones (excluding diaryl/α,β-unsaturated/α-hetero) is 3. The van der Waals surface area contributed by atoms with Gasteiger partial charge < -0.3 is 9.84 Å². The molecular weight excluding hydrogens is 402 g/mol. The summed E-state index contributed by atoms with van der Waals surface area (Å²) in [4.78, 5) is 50.8. The Labute approximate surface area is 179 Å². The second kappa shape index (κ2) is 6.48. The largest absolute Gasteiger partial charge is 0.502 e. The molecule has 1 saturated carbocycles. The van der Waals surface area contributed by atoms with E-state index in [-0.39, 0.29) is 36.2 Å². The summed E-state index contributed by atoms with van der Waals surface area (Å²) in [7, 11) is 0. The normalized spacial score (nSPS) is 26.1. The van der Waals surface area contributed by atoms with Gasteiger partial charge in [-0.1, -0.05) is 33.8 Å². The van der Waals surface area contributed by atoms with Crippen molar-refractivity contribution < 1.29 is 29.2 Å². The number of carbonyl (C=O) groups excluding carboxylic acids is 3. The third-order valence-electron chi connectivity index (χ3n) is 6.49. The molecule has 1 fully saturated rings. The number of ketones is 3. The van der Waals surface area contributed by atoms with E-state index in [0.717, 1.165) is 12.1 Å². The molecule has 4 rings (SSSR count). The lowest BCUT2D eigenvalue weighted by molar-refractivity contribution is -0.385. The fraction of sp³-hybridized carbons (Fsp3) is 0.522. The van der Waals surface area contributed by atoms with Gasteiger partial charge in [0.25, 0.3) is 0 Å². The number of allylic oxidation sites excluding steroid dienone is 1. The average Bonchev–Trinajstić information content (AvgIpc) is 2.95. The molecule has 0 bridgehead atoms. The Bertz CT molecular complexity index is 1060. The second-order valence-corrected chi connectivity index (χ2v) is 10.4. The van der Waals surface area contributed by atoms with E-state index in [0.29, 0.717) is 12.2 Å². The fourth-order valence-corrected chi connectivity index (χ4v) is 5.20. The summed E-state index contributed by atoms with van der Waals surface area (Å²) < 4.78 is 6.14. The summed E-state index contributed by atoms with van der Waals surface area (Å²) in [5.74, 6) is -2.35. The quantitative estimate of drug-likeness (QED) is 0.433. The molecular formula is C23H25NO7. The van der Waals surface area contributed by atoms with Crippen molar-refractivity contribution in [3.05, 3.63) is 45.2 Å². The van der Waals surface area contributed by atoms with Crippen LogP contribution in [0.5, 0.6) is 5.75 Å². The van der Waals surface area contributed by atoms with Gasteiger partial charge in [-0.3, -0.25) is 24.5 Å². The van der Waals surface area contributed by atoms with Crippen molar-refractivity contribution in [1.82, 2.24) is 0 Å². The van der Waals surface area contributed by atoms with Crippen molar-refractivity contribution in [2.45, 2.75) is 64.9 Å². The molecule has 1 N–H and O–H groups in total. The van der Waals surface area contributed by atoms with E-state index in [9.17, 15) is 29.6 Å². The van der Waals surface area contributed by atoms with E-state index >= 15 is 0 Å². The molecule has 2 aliphatic carbocycles. The highest BCUT2D eigenvalue weighted by Crippen LogP contribution is 2.57. The molecule has 0 saturated heterocycles. The van der Waals surface area contributed by atoms with Gasteiger partial charge in [0.2, 0.25) is 5.60 Å². The van der Waals surface area contributed by atoms with Crippen molar-refractivity contribution in [3.63, 3.8) is 0 Å². The molecule has 1 aromatic carbocycles. The maximum Gasteiger partial charge on any atom is 0.310 e. The fourth-order valence-electron chi connectivity index (χ4n) is 5.20. The SMILES string of the molecule is CC1(C)CC(=O)C2(OC3=C(C(=O)CC(C)(C)C3)C2c2ccc(O)c([N+](=O)[O-])c2)C(=O)C1. The van der Waals surface area contributed by atoms with Crippen molar-refractivity contribution in [2.75, 3.05) is 0 Å². The zero-order chi connectivity index (χ0) is 22.9. The van der Waals surface area contributed by atoms with Crippen LogP contribution >= 0.6 is 0 Å². The molecule has 0 aromatic heterocycles. The van der Waals surface area contributed by atoms with E-state index in [2.05, 4.69) is 0 Å². The van der Waals surface area contributed by atoms with E-state index in [1.165, 1.54) is 6.07 Å². The highest BCUT2D eigenvalue weighted by atomic mass is 16.6.